The van der Waals surface area contributed by atoms with Gasteiger partial charge in [-0.1, -0.05) is 19.3 Å². The highest BCUT2D eigenvalue weighted by atomic mass is 127. The number of aliphatic imine (C=N–C) groups is 1. The van der Waals surface area contributed by atoms with Crippen LogP contribution in [-0.4, -0.2) is 81.1 Å². The van der Waals surface area contributed by atoms with Crippen molar-refractivity contribution in [1.82, 2.24) is 19.8 Å². The maximum absolute atomic E-state index is 12.8. The molecule has 1 aliphatic carbocycles. The van der Waals surface area contributed by atoms with E-state index in [0.717, 1.165) is 57.7 Å². The minimum absolute atomic E-state index is 0. The Morgan fingerprint density at radius 1 is 1.03 bits per heavy atom. The van der Waals surface area contributed by atoms with Crippen molar-refractivity contribution in [3.05, 3.63) is 0 Å². The van der Waals surface area contributed by atoms with Crippen molar-refractivity contribution in [2.24, 2.45) is 16.8 Å². The molecule has 2 N–H and O–H groups in total. The Bertz CT molecular complexity index is 704. The number of amides is 1. The van der Waals surface area contributed by atoms with Gasteiger partial charge in [-0.3, -0.25) is 9.79 Å². The van der Waals surface area contributed by atoms with Crippen LogP contribution in [0.5, 0.6) is 0 Å². The highest BCUT2D eigenvalue weighted by Crippen LogP contribution is 2.27. The van der Waals surface area contributed by atoms with Gasteiger partial charge in [0, 0.05) is 51.2 Å². The van der Waals surface area contributed by atoms with Crippen LogP contribution in [0.25, 0.3) is 0 Å². The third-order valence-corrected chi connectivity index (χ3v) is 7.99. The van der Waals surface area contributed by atoms with E-state index in [4.69, 9.17) is 4.99 Å². The first-order valence-electron chi connectivity index (χ1n) is 11.7. The summed E-state index contributed by atoms with van der Waals surface area (Å²) in [5, 5.41) is 6.83. The number of likely N-dealkylation sites (tertiary alicyclic amines) is 1. The number of nitrogens with zero attached hydrogens (tertiary/aromatic N) is 3. The van der Waals surface area contributed by atoms with E-state index in [1.54, 1.807) is 4.31 Å². The number of hydrogen-bond donors (Lipinski definition) is 2. The van der Waals surface area contributed by atoms with Crippen LogP contribution >= 0.6 is 24.0 Å². The number of carbonyl (C=O) groups is 1. The molecule has 3 aliphatic rings. The van der Waals surface area contributed by atoms with Gasteiger partial charge in [0.15, 0.2) is 5.96 Å². The van der Waals surface area contributed by atoms with Gasteiger partial charge in [0.25, 0.3) is 0 Å². The number of sulfonamides is 1. The molecule has 0 bridgehead atoms. The van der Waals surface area contributed by atoms with E-state index in [1.807, 2.05) is 4.90 Å². The molecule has 31 heavy (non-hydrogen) atoms. The minimum Gasteiger partial charge on any atom is -0.357 e. The molecule has 1 atom stereocenters. The van der Waals surface area contributed by atoms with E-state index >= 15 is 0 Å². The Kier molecular flexibility index (Phi) is 10.8. The Morgan fingerprint density at radius 3 is 2.32 bits per heavy atom. The Balaban J connectivity index is 0.00000341. The van der Waals surface area contributed by atoms with Gasteiger partial charge in [0.1, 0.15) is 0 Å². The van der Waals surface area contributed by atoms with Crippen LogP contribution in [0.3, 0.4) is 0 Å². The van der Waals surface area contributed by atoms with Crippen molar-refractivity contribution < 1.29 is 13.2 Å². The second-order valence-electron chi connectivity index (χ2n) is 9.07. The van der Waals surface area contributed by atoms with Crippen LogP contribution in [0.4, 0.5) is 0 Å². The second-order valence-corrected chi connectivity index (χ2v) is 11.1. The van der Waals surface area contributed by atoms with Gasteiger partial charge in [0.2, 0.25) is 15.9 Å². The van der Waals surface area contributed by atoms with E-state index < -0.39 is 10.0 Å². The summed E-state index contributed by atoms with van der Waals surface area (Å²) in [5.41, 5.74) is 0. The maximum atomic E-state index is 12.8. The van der Waals surface area contributed by atoms with Gasteiger partial charge in [0.05, 0.1) is 6.26 Å². The fraction of sp³-hybridized carbons (Fsp3) is 0.905. The number of halogens is 1. The molecule has 3 rings (SSSR count). The molecule has 8 nitrogen and oxygen atoms in total. The lowest BCUT2D eigenvalue weighted by atomic mass is 9.88. The Labute approximate surface area is 205 Å². The van der Waals surface area contributed by atoms with E-state index in [-0.39, 0.29) is 35.9 Å². The average molecular weight is 570 g/mol. The van der Waals surface area contributed by atoms with Crippen molar-refractivity contribution in [3.8, 4) is 0 Å². The predicted octanol–water partition coefficient (Wildman–Crippen LogP) is 2.01. The molecule has 0 spiro atoms. The van der Waals surface area contributed by atoms with Gasteiger partial charge in [-0.05, 0) is 44.9 Å². The van der Waals surface area contributed by atoms with Crippen molar-refractivity contribution in [2.75, 3.05) is 45.5 Å². The van der Waals surface area contributed by atoms with Gasteiger partial charge in [-0.25, -0.2) is 12.7 Å². The summed E-state index contributed by atoms with van der Waals surface area (Å²) in [7, 11) is -3.08. The molecule has 2 heterocycles. The third kappa shape index (κ3) is 8.03. The van der Waals surface area contributed by atoms with Gasteiger partial charge < -0.3 is 15.5 Å². The monoisotopic (exact) mass is 569 g/mol. The van der Waals surface area contributed by atoms with Crippen LogP contribution in [0, 0.1) is 11.8 Å². The van der Waals surface area contributed by atoms with E-state index in [9.17, 15) is 13.2 Å². The number of guanidine groups is 1. The fourth-order valence-corrected chi connectivity index (χ4v) is 5.72. The van der Waals surface area contributed by atoms with Crippen LogP contribution in [0.15, 0.2) is 4.99 Å². The predicted molar refractivity (Wildman–Crippen MR) is 135 cm³/mol. The SMILES string of the molecule is CCNC(=NCC1CCN(S(C)(=O)=O)CC1)NC1CCN(C(=O)C2CCCCC2)C1.I. The van der Waals surface area contributed by atoms with E-state index in [1.165, 1.54) is 25.5 Å². The van der Waals surface area contributed by atoms with Crippen molar-refractivity contribution in [1.29, 1.82) is 0 Å². The summed E-state index contributed by atoms with van der Waals surface area (Å²) in [6.45, 7) is 6.30. The van der Waals surface area contributed by atoms with Crippen molar-refractivity contribution >= 4 is 45.9 Å². The normalized spacial score (nSPS) is 24.6. The first kappa shape index (κ1) is 26.6. The molecular formula is C21H40IN5O3S. The second kappa shape index (κ2) is 12.6. The molecule has 2 aliphatic heterocycles. The molecule has 0 radical (unpaired) electrons. The molecule has 3 fully saturated rings. The Morgan fingerprint density at radius 2 is 1.71 bits per heavy atom. The molecule has 0 aromatic heterocycles. The summed E-state index contributed by atoms with van der Waals surface area (Å²) in [4.78, 5) is 19.6. The standard InChI is InChI=1S/C21H39N5O3S.HI/c1-3-22-21(23-15-17-9-13-26(14-10-17)30(2,28)29)24-19-11-12-25(16-19)20(27)18-7-5-4-6-8-18;/h17-19H,3-16H2,1-2H3,(H2,22,23,24);1H. The largest absolute Gasteiger partial charge is 0.357 e. The fourth-order valence-electron chi connectivity index (χ4n) is 4.84. The summed E-state index contributed by atoms with van der Waals surface area (Å²) >= 11 is 0. The van der Waals surface area contributed by atoms with E-state index in [2.05, 4.69) is 17.6 Å². The maximum Gasteiger partial charge on any atom is 0.225 e. The van der Waals surface area contributed by atoms with Crippen LogP contribution in [0.2, 0.25) is 0 Å². The number of carbonyl (C=O) groups excluding carboxylic acids is 1. The van der Waals surface area contributed by atoms with Crippen LogP contribution < -0.4 is 10.6 Å². The molecule has 2 saturated heterocycles. The first-order valence-corrected chi connectivity index (χ1v) is 13.5. The lowest BCUT2D eigenvalue weighted by Gasteiger charge is -2.29. The summed E-state index contributed by atoms with van der Waals surface area (Å²) < 4.78 is 24.9. The Hall–Kier alpha value is -0.620. The number of hydrogen-bond acceptors (Lipinski definition) is 4. The molecule has 1 amide bonds. The highest BCUT2D eigenvalue weighted by Gasteiger charge is 2.32. The lowest BCUT2D eigenvalue weighted by Crippen LogP contribution is -2.46. The molecule has 180 valence electrons. The number of piperidine rings is 1. The number of nitrogens with one attached hydrogen (secondary N) is 2. The van der Waals surface area contributed by atoms with Crippen LogP contribution in [0.1, 0.15) is 58.3 Å². The summed E-state index contributed by atoms with van der Waals surface area (Å²) in [6.07, 6.45) is 9.68. The van der Waals surface area contributed by atoms with Gasteiger partial charge in [-0.15, -0.1) is 24.0 Å². The lowest BCUT2D eigenvalue weighted by molar-refractivity contribution is -0.135. The molecular weight excluding hydrogens is 529 g/mol. The third-order valence-electron chi connectivity index (χ3n) is 6.69. The summed E-state index contributed by atoms with van der Waals surface area (Å²) in [6, 6.07) is 0.238. The molecule has 10 heteroatoms. The zero-order chi connectivity index (χ0) is 21.6. The van der Waals surface area contributed by atoms with Gasteiger partial charge in [-0.2, -0.15) is 0 Å². The smallest absolute Gasteiger partial charge is 0.225 e. The van der Waals surface area contributed by atoms with E-state index in [0.29, 0.717) is 31.5 Å². The summed E-state index contributed by atoms with van der Waals surface area (Å²) in [5.74, 6) is 1.79. The zero-order valence-corrected chi connectivity index (χ0v) is 22.2. The number of rotatable bonds is 6. The average Bonchev–Trinajstić information content (AvgIpc) is 3.20. The van der Waals surface area contributed by atoms with Crippen molar-refractivity contribution in [3.63, 3.8) is 0 Å². The minimum atomic E-state index is -3.08. The molecule has 1 unspecified atom stereocenters. The highest BCUT2D eigenvalue weighted by molar-refractivity contribution is 14.0. The first-order chi connectivity index (χ1) is 14.4. The van der Waals surface area contributed by atoms with Crippen molar-refractivity contribution in [2.45, 2.75) is 64.3 Å². The zero-order valence-electron chi connectivity index (χ0n) is 19.0. The van der Waals surface area contributed by atoms with Gasteiger partial charge >= 0.3 is 0 Å². The quantitative estimate of drug-likeness (QED) is 0.290. The topological polar surface area (TPSA) is 94.1 Å². The molecule has 0 aromatic carbocycles. The molecule has 0 aromatic rings. The van der Waals surface area contributed by atoms with Crippen LogP contribution in [-0.2, 0) is 14.8 Å². The molecule has 1 saturated carbocycles.